The number of rotatable bonds is 2. The molecule has 1 aromatic heterocycles. The Balaban J connectivity index is 1.77. The summed E-state index contributed by atoms with van der Waals surface area (Å²) in [6, 6.07) is 3.53. The molecule has 106 valence electrons. The molecule has 0 saturated carbocycles. The van der Waals surface area contributed by atoms with E-state index in [2.05, 4.69) is 15.2 Å². The third-order valence-corrected chi connectivity index (χ3v) is 3.72. The molecule has 0 aromatic carbocycles. The van der Waals surface area contributed by atoms with Crippen molar-refractivity contribution in [2.75, 3.05) is 38.2 Å². The van der Waals surface area contributed by atoms with Crippen LogP contribution in [0.3, 0.4) is 0 Å². The lowest BCUT2D eigenvalue weighted by atomic mass is 10.2. The molecule has 7 heteroatoms. The maximum absolute atomic E-state index is 11.6. The number of nitrogens with one attached hydrogen (secondary N) is 1. The average molecular weight is 276 g/mol. The van der Waals surface area contributed by atoms with E-state index in [1.165, 1.54) is 7.11 Å². The van der Waals surface area contributed by atoms with Crippen LogP contribution in [0, 0.1) is 0 Å². The average Bonchev–Trinajstić information content (AvgIpc) is 2.87. The van der Waals surface area contributed by atoms with Gasteiger partial charge in [0.1, 0.15) is 5.82 Å². The van der Waals surface area contributed by atoms with Crippen LogP contribution >= 0.6 is 0 Å². The van der Waals surface area contributed by atoms with Crippen LogP contribution in [-0.4, -0.2) is 61.2 Å². The third-order valence-electron chi connectivity index (χ3n) is 3.72. The lowest BCUT2D eigenvalue weighted by Gasteiger charge is -2.37. The number of pyridine rings is 1. The van der Waals surface area contributed by atoms with Crippen molar-refractivity contribution in [3.63, 3.8) is 0 Å². The van der Waals surface area contributed by atoms with Gasteiger partial charge in [-0.15, -0.1) is 0 Å². The van der Waals surface area contributed by atoms with Crippen molar-refractivity contribution in [2.45, 2.75) is 6.04 Å². The van der Waals surface area contributed by atoms with E-state index in [9.17, 15) is 9.59 Å². The van der Waals surface area contributed by atoms with E-state index in [0.717, 1.165) is 12.4 Å². The molecule has 1 atom stereocenters. The summed E-state index contributed by atoms with van der Waals surface area (Å²) in [5, 5.41) is 2.84. The number of aromatic nitrogens is 1. The molecule has 3 rings (SSSR count). The highest BCUT2D eigenvalue weighted by molar-refractivity contribution is 5.90. The van der Waals surface area contributed by atoms with Gasteiger partial charge < -0.3 is 19.9 Å². The molecule has 20 heavy (non-hydrogen) atoms. The summed E-state index contributed by atoms with van der Waals surface area (Å²) in [5.41, 5.74) is 0.487. The van der Waals surface area contributed by atoms with Gasteiger partial charge in [-0.25, -0.2) is 14.6 Å². The Hall–Kier alpha value is -2.31. The zero-order chi connectivity index (χ0) is 14.1. The summed E-state index contributed by atoms with van der Waals surface area (Å²) in [4.78, 5) is 31.3. The molecule has 1 unspecified atom stereocenters. The van der Waals surface area contributed by atoms with Gasteiger partial charge >= 0.3 is 12.0 Å². The second kappa shape index (κ2) is 4.99. The molecule has 0 aliphatic carbocycles. The first kappa shape index (κ1) is 12.7. The molecule has 2 saturated heterocycles. The van der Waals surface area contributed by atoms with Crippen LogP contribution in [0.5, 0.6) is 0 Å². The standard InChI is InChI=1S/C13H16N4O3/c1-20-12(18)9-2-3-14-11(6-9)16-4-5-17-10(8-16)7-15-13(17)19/h2-3,6,10H,4-5,7-8H2,1H3,(H,15,19). The number of esters is 1. The number of nitrogens with zero attached hydrogens (tertiary/aromatic N) is 3. The number of ether oxygens (including phenoxy) is 1. The molecule has 3 heterocycles. The van der Waals surface area contributed by atoms with Crippen LogP contribution in [0.25, 0.3) is 0 Å². The summed E-state index contributed by atoms with van der Waals surface area (Å²) in [6.07, 6.45) is 1.60. The first-order chi connectivity index (χ1) is 9.69. The molecular formula is C13H16N4O3. The molecule has 1 N–H and O–H groups in total. The van der Waals surface area contributed by atoms with Crippen molar-refractivity contribution in [2.24, 2.45) is 0 Å². The fourth-order valence-corrected chi connectivity index (χ4v) is 2.65. The fraction of sp³-hybridized carbons (Fsp3) is 0.462. The van der Waals surface area contributed by atoms with Crippen molar-refractivity contribution in [3.05, 3.63) is 23.9 Å². The third kappa shape index (κ3) is 2.15. The molecular weight excluding hydrogens is 260 g/mol. The molecule has 1 aromatic rings. The van der Waals surface area contributed by atoms with E-state index in [1.54, 1.807) is 18.3 Å². The number of urea groups is 1. The van der Waals surface area contributed by atoms with Crippen LogP contribution in [0.1, 0.15) is 10.4 Å². The number of piperazine rings is 1. The lowest BCUT2D eigenvalue weighted by Crippen LogP contribution is -2.52. The highest BCUT2D eigenvalue weighted by atomic mass is 16.5. The van der Waals surface area contributed by atoms with E-state index in [4.69, 9.17) is 4.74 Å². The number of fused-ring (bicyclic) bond motifs is 1. The van der Waals surface area contributed by atoms with E-state index < -0.39 is 0 Å². The minimum absolute atomic E-state index is 0.00548. The smallest absolute Gasteiger partial charge is 0.338 e. The summed E-state index contributed by atoms with van der Waals surface area (Å²) in [6.45, 7) is 2.75. The highest BCUT2D eigenvalue weighted by Gasteiger charge is 2.35. The summed E-state index contributed by atoms with van der Waals surface area (Å²) < 4.78 is 4.71. The van der Waals surface area contributed by atoms with Gasteiger partial charge in [-0.2, -0.15) is 0 Å². The monoisotopic (exact) mass is 276 g/mol. The maximum atomic E-state index is 11.6. The minimum atomic E-state index is -0.370. The Morgan fingerprint density at radius 2 is 2.35 bits per heavy atom. The highest BCUT2D eigenvalue weighted by Crippen LogP contribution is 2.20. The Morgan fingerprint density at radius 3 is 3.15 bits per heavy atom. The Morgan fingerprint density at radius 1 is 1.50 bits per heavy atom. The van der Waals surface area contributed by atoms with Crippen molar-refractivity contribution in [1.29, 1.82) is 0 Å². The van der Waals surface area contributed by atoms with Gasteiger partial charge in [-0.3, -0.25) is 0 Å². The van der Waals surface area contributed by atoms with Gasteiger partial charge in [0.05, 0.1) is 18.7 Å². The summed E-state index contributed by atoms with van der Waals surface area (Å²) >= 11 is 0. The number of amides is 2. The molecule has 0 bridgehead atoms. The van der Waals surface area contributed by atoms with Crippen LogP contribution in [-0.2, 0) is 4.74 Å². The molecule has 0 spiro atoms. The molecule has 0 radical (unpaired) electrons. The topological polar surface area (TPSA) is 74.8 Å². The SMILES string of the molecule is COC(=O)c1ccnc(N2CCN3C(=O)NCC3C2)c1. The van der Waals surface area contributed by atoms with Crippen molar-refractivity contribution in [3.8, 4) is 0 Å². The number of methoxy groups -OCH3 is 1. The number of carbonyl (C=O) groups excluding carboxylic acids is 2. The fourth-order valence-electron chi connectivity index (χ4n) is 2.65. The minimum Gasteiger partial charge on any atom is -0.465 e. The number of anilines is 1. The maximum Gasteiger partial charge on any atom is 0.338 e. The van der Waals surface area contributed by atoms with E-state index in [1.807, 2.05) is 4.90 Å². The molecule has 2 aliphatic rings. The zero-order valence-electron chi connectivity index (χ0n) is 11.2. The van der Waals surface area contributed by atoms with Gasteiger partial charge in [0.25, 0.3) is 0 Å². The van der Waals surface area contributed by atoms with E-state index >= 15 is 0 Å². The number of hydrogen-bond acceptors (Lipinski definition) is 5. The second-order valence-corrected chi connectivity index (χ2v) is 4.87. The largest absolute Gasteiger partial charge is 0.465 e. The zero-order valence-corrected chi connectivity index (χ0v) is 11.2. The Bertz CT molecular complexity index is 548. The lowest BCUT2D eigenvalue weighted by molar-refractivity contribution is 0.0600. The Labute approximate surface area is 116 Å². The first-order valence-corrected chi connectivity index (χ1v) is 6.53. The summed E-state index contributed by atoms with van der Waals surface area (Å²) in [5.74, 6) is 0.372. The molecule has 2 amide bonds. The summed E-state index contributed by atoms with van der Waals surface area (Å²) in [7, 11) is 1.36. The first-order valence-electron chi connectivity index (χ1n) is 6.53. The normalized spacial score (nSPS) is 21.4. The van der Waals surface area contributed by atoms with Gasteiger partial charge in [0.2, 0.25) is 0 Å². The predicted octanol–water partition coefficient (Wildman–Crippen LogP) is 0.0820. The van der Waals surface area contributed by atoms with Crippen LogP contribution < -0.4 is 10.2 Å². The van der Waals surface area contributed by atoms with Gasteiger partial charge in [-0.1, -0.05) is 0 Å². The van der Waals surface area contributed by atoms with Gasteiger partial charge in [0.15, 0.2) is 0 Å². The van der Waals surface area contributed by atoms with Gasteiger partial charge in [0, 0.05) is 32.4 Å². The second-order valence-electron chi connectivity index (χ2n) is 4.87. The number of carbonyl (C=O) groups is 2. The van der Waals surface area contributed by atoms with E-state index in [-0.39, 0.29) is 18.0 Å². The van der Waals surface area contributed by atoms with Crippen LogP contribution in [0.2, 0.25) is 0 Å². The predicted molar refractivity (Wildman–Crippen MR) is 71.7 cm³/mol. The van der Waals surface area contributed by atoms with Gasteiger partial charge in [-0.05, 0) is 12.1 Å². The Kier molecular flexibility index (Phi) is 3.17. The van der Waals surface area contributed by atoms with E-state index in [0.29, 0.717) is 25.2 Å². The van der Waals surface area contributed by atoms with Crippen molar-refractivity contribution < 1.29 is 14.3 Å². The van der Waals surface area contributed by atoms with Crippen LogP contribution in [0.4, 0.5) is 10.6 Å². The van der Waals surface area contributed by atoms with Crippen molar-refractivity contribution in [1.82, 2.24) is 15.2 Å². The molecule has 2 aliphatic heterocycles. The molecule has 7 nitrogen and oxygen atoms in total. The van der Waals surface area contributed by atoms with Crippen LogP contribution in [0.15, 0.2) is 18.3 Å². The number of hydrogen-bond donors (Lipinski definition) is 1. The van der Waals surface area contributed by atoms with Crippen molar-refractivity contribution >= 4 is 17.8 Å². The quantitative estimate of drug-likeness (QED) is 0.774. The molecule has 2 fully saturated rings.